The third-order valence-electron chi connectivity index (χ3n) is 2.74. The summed E-state index contributed by atoms with van der Waals surface area (Å²) in [6, 6.07) is 4.30. The van der Waals surface area contributed by atoms with Crippen molar-refractivity contribution in [3.63, 3.8) is 0 Å². The molecular formula is C12H13ClN4O2. The first-order valence-electron chi connectivity index (χ1n) is 5.81. The number of imidazole rings is 1. The standard InChI is InChI=1S/C12H13ClN4O2/c1-2-9(12-14-5-6-15-12)16-10-7-8(13)3-4-11(10)17(18)19/h3-7,9,16H,2H2,1H3,(H,14,15). The number of nitrogens with one attached hydrogen (secondary N) is 2. The van der Waals surface area contributed by atoms with Crippen LogP contribution >= 0.6 is 11.6 Å². The summed E-state index contributed by atoms with van der Waals surface area (Å²) in [5.74, 6) is 0.733. The van der Waals surface area contributed by atoms with Gasteiger partial charge >= 0.3 is 0 Å². The number of nitro groups is 1. The Kier molecular flexibility index (Phi) is 4.01. The molecule has 1 aromatic carbocycles. The summed E-state index contributed by atoms with van der Waals surface area (Å²) in [6.07, 6.45) is 4.09. The van der Waals surface area contributed by atoms with Crippen molar-refractivity contribution in [3.05, 3.63) is 51.6 Å². The highest BCUT2D eigenvalue weighted by Crippen LogP contribution is 2.31. The summed E-state index contributed by atoms with van der Waals surface area (Å²) < 4.78 is 0. The van der Waals surface area contributed by atoms with Crippen molar-refractivity contribution in [3.8, 4) is 0 Å². The number of hydrogen-bond donors (Lipinski definition) is 2. The maximum Gasteiger partial charge on any atom is 0.292 e. The number of anilines is 1. The molecule has 1 aromatic heterocycles. The van der Waals surface area contributed by atoms with Crippen molar-refractivity contribution < 1.29 is 4.92 Å². The largest absolute Gasteiger partial charge is 0.370 e. The first-order valence-corrected chi connectivity index (χ1v) is 6.19. The molecule has 0 spiro atoms. The third kappa shape index (κ3) is 3.03. The molecule has 0 bridgehead atoms. The second-order valence-corrected chi connectivity index (χ2v) is 4.43. The SMILES string of the molecule is CCC(Nc1cc(Cl)ccc1[N+](=O)[O-])c1ncc[nH]1. The summed E-state index contributed by atoms with van der Waals surface area (Å²) >= 11 is 5.89. The fourth-order valence-corrected chi connectivity index (χ4v) is 1.97. The van der Waals surface area contributed by atoms with Crippen LogP contribution in [0.3, 0.4) is 0 Å². The van der Waals surface area contributed by atoms with E-state index in [1.807, 2.05) is 6.92 Å². The number of nitro benzene ring substituents is 1. The minimum atomic E-state index is -0.437. The van der Waals surface area contributed by atoms with E-state index in [0.717, 1.165) is 12.2 Å². The van der Waals surface area contributed by atoms with Crippen LogP contribution in [0.5, 0.6) is 0 Å². The molecule has 1 unspecified atom stereocenters. The number of aromatic amines is 1. The molecule has 19 heavy (non-hydrogen) atoms. The molecule has 0 aliphatic heterocycles. The van der Waals surface area contributed by atoms with E-state index in [1.54, 1.807) is 18.5 Å². The Labute approximate surface area is 115 Å². The summed E-state index contributed by atoms with van der Waals surface area (Å²) in [6.45, 7) is 1.97. The smallest absolute Gasteiger partial charge is 0.292 e. The van der Waals surface area contributed by atoms with Crippen molar-refractivity contribution in [1.82, 2.24) is 9.97 Å². The zero-order chi connectivity index (χ0) is 13.8. The molecule has 6 nitrogen and oxygen atoms in total. The van der Waals surface area contributed by atoms with Gasteiger partial charge in [-0.25, -0.2) is 4.98 Å². The average molecular weight is 281 g/mol. The van der Waals surface area contributed by atoms with Crippen LogP contribution in [0.2, 0.25) is 5.02 Å². The molecule has 2 N–H and O–H groups in total. The van der Waals surface area contributed by atoms with Gasteiger partial charge in [-0.2, -0.15) is 0 Å². The van der Waals surface area contributed by atoms with Gasteiger partial charge in [0.2, 0.25) is 0 Å². The van der Waals surface area contributed by atoms with E-state index in [4.69, 9.17) is 11.6 Å². The van der Waals surface area contributed by atoms with Crippen molar-refractivity contribution in [2.75, 3.05) is 5.32 Å². The molecular weight excluding hydrogens is 268 g/mol. The molecule has 7 heteroatoms. The van der Waals surface area contributed by atoms with Crippen LogP contribution in [0.4, 0.5) is 11.4 Å². The number of aromatic nitrogens is 2. The minimum absolute atomic E-state index is 0.00518. The summed E-state index contributed by atoms with van der Waals surface area (Å²) in [5, 5.41) is 14.5. The average Bonchev–Trinajstić information content (AvgIpc) is 2.89. The van der Waals surface area contributed by atoms with Gasteiger partial charge in [-0.1, -0.05) is 18.5 Å². The highest BCUT2D eigenvalue weighted by Gasteiger charge is 2.18. The normalized spacial score (nSPS) is 12.1. The van der Waals surface area contributed by atoms with E-state index < -0.39 is 4.92 Å². The maximum absolute atomic E-state index is 11.0. The lowest BCUT2D eigenvalue weighted by Crippen LogP contribution is -2.12. The molecule has 0 aliphatic rings. The monoisotopic (exact) mass is 280 g/mol. The van der Waals surface area contributed by atoms with Crippen LogP contribution in [0.1, 0.15) is 25.2 Å². The Morgan fingerprint density at radius 1 is 1.58 bits per heavy atom. The second-order valence-electron chi connectivity index (χ2n) is 4.00. The van der Waals surface area contributed by atoms with Crippen molar-refractivity contribution in [1.29, 1.82) is 0 Å². The Balaban J connectivity index is 2.31. The van der Waals surface area contributed by atoms with Gasteiger partial charge in [-0.05, 0) is 18.6 Å². The van der Waals surface area contributed by atoms with Crippen molar-refractivity contribution >= 4 is 23.0 Å². The molecule has 100 valence electrons. The third-order valence-corrected chi connectivity index (χ3v) is 2.98. The number of H-pyrrole nitrogens is 1. The number of hydrogen-bond acceptors (Lipinski definition) is 4. The van der Waals surface area contributed by atoms with Gasteiger partial charge in [-0.15, -0.1) is 0 Å². The van der Waals surface area contributed by atoms with Gasteiger partial charge < -0.3 is 10.3 Å². The molecule has 0 amide bonds. The van der Waals surface area contributed by atoms with Gasteiger partial charge in [0.15, 0.2) is 0 Å². The lowest BCUT2D eigenvalue weighted by Gasteiger charge is -2.16. The van der Waals surface area contributed by atoms with Crippen LogP contribution in [0.25, 0.3) is 0 Å². The molecule has 2 rings (SSSR count). The van der Waals surface area contributed by atoms with Gasteiger partial charge in [-0.3, -0.25) is 10.1 Å². The molecule has 1 atom stereocenters. The maximum atomic E-state index is 11.0. The molecule has 0 saturated carbocycles. The molecule has 0 fully saturated rings. The Morgan fingerprint density at radius 2 is 2.37 bits per heavy atom. The first kappa shape index (κ1) is 13.4. The van der Waals surface area contributed by atoms with Gasteiger partial charge in [0.05, 0.1) is 11.0 Å². The van der Waals surface area contributed by atoms with Crippen LogP contribution in [-0.4, -0.2) is 14.9 Å². The summed E-state index contributed by atoms with van der Waals surface area (Å²) in [4.78, 5) is 17.7. The van der Waals surface area contributed by atoms with E-state index in [2.05, 4.69) is 15.3 Å². The quantitative estimate of drug-likeness (QED) is 0.648. The summed E-state index contributed by atoms with van der Waals surface area (Å²) in [7, 11) is 0. The van der Waals surface area contributed by atoms with Crippen LogP contribution in [0, 0.1) is 10.1 Å². The van der Waals surface area contributed by atoms with E-state index in [0.29, 0.717) is 10.7 Å². The van der Waals surface area contributed by atoms with Gasteiger partial charge in [0.25, 0.3) is 5.69 Å². The lowest BCUT2D eigenvalue weighted by molar-refractivity contribution is -0.384. The predicted molar refractivity (Wildman–Crippen MR) is 73.3 cm³/mol. The number of benzene rings is 1. The molecule has 2 aromatic rings. The van der Waals surface area contributed by atoms with Gasteiger partial charge in [0.1, 0.15) is 11.5 Å². The first-order chi connectivity index (χ1) is 9.11. The molecule has 1 heterocycles. The highest BCUT2D eigenvalue weighted by atomic mass is 35.5. The Hall–Kier alpha value is -2.08. The van der Waals surface area contributed by atoms with Gasteiger partial charge in [0, 0.05) is 23.5 Å². The van der Waals surface area contributed by atoms with Crippen molar-refractivity contribution in [2.24, 2.45) is 0 Å². The summed E-state index contributed by atoms with van der Waals surface area (Å²) in [5.41, 5.74) is 0.384. The fraction of sp³-hybridized carbons (Fsp3) is 0.250. The molecule has 0 radical (unpaired) electrons. The number of halogens is 1. The minimum Gasteiger partial charge on any atom is -0.370 e. The van der Waals surface area contributed by atoms with E-state index in [1.165, 1.54) is 12.1 Å². The fourth-order valence-electron chi connectivity index (χ4n) is 1.80. The van der Waals surface area contributed by atoms with Crippen LogP contribution in [0.15, 0.2) is 30.6 Å². The topological polar surface area (TPSA) is 83.8 Å². The molecule has 0 aliphatic carbocycles. The van der Waals surface area contributed by atoms with Crippen molar-refractivity contribution in [2.45, 2.75) is 19.4 Å². The Morgan fingerprint density at radius 3 is 2.95 bits per heavy atom. The number of rotatable bonds is 5. The highest BCUT2D eigenvalue weighted by molar-refractivity contribution is 6.31. The van der Waals surface area contributed by atoms with Crippen LogP contribution < -0.4 is 5.32 Å². The van der Waals surface area contributed by atoms with E-state index in [9.17, 15) is 10.1 Å². The van der Waals surface area contributed by atoms with E-state index >= 15 is 0 Å². The van der Waals surface area contributed by atoms with Crippen LogP contribution in [-0.2, 0) is 0 Å². The van der Waals surface area contributed by atoms with E-state index in [-0.39, 0.29) is 11.7 Å². The zero-order valence-electron chi connectivity index (χ0n) is 10.3. The Bertz CT molecular complexity index is 571. The molecule has 0 saturated heterocycles. The number of nitrogens with zero attached hydrogens (tertiary/aromatic N) is 2. The second kappa shape index (κ2) is 5.71. The lowest BCUT2D eigenvalue weighted by atomic mass is 10.2. The predicted octanol–water partition coefficient (Wildman–Crippen LogP) is 3.53. The zero-order valence-corrected chi connectivity index (χ0v) is 11.0.